The van der Waals surface area contributed by atoms with Gasteiger partial charge >= 0.3 is 0 Å². The summed E-state index contributed by atoms with van der Waals surface area (Å²) in [5.74, 6) is 0.178. The van der Waals surface area contributed by atoms with Crippen molar-refractivity contribution in [3.05, 3.63) is 34.9 Å². The number of hydrogen-bond donors (Lipinski definition) is 1. The molecule has 2 aliphatic rings. The van der Waals surface area contributed by atoms with Crippen molar-refractivity contribution in [3.8, 4) is 0 Å². The van der Waals surface area contributed by atoms with Gasteiger partial charge in [0.25, 0.3) is 5.91 Å². The highest BCUT2D eigenvalue weighted by molar-refractivity contribution is 6.30. The van der Waals surface area contributed by atoms with Gasteiger partial charge in [0.05, 0.1) is 0 Å². The first-order chi connectivity index (χ1) is 13.0. The van der Waals surface area contributed by atoms with E-state index in [-0.39, 0.29) is 29.6 Å². The van der Waals surface area contributed by atoms with Crippen LogP contribution in [0.1, 0.15) is 55.3 Å². The molecule has 1 heterocycles. The zero-order valence-corrected chi connectivity index (χ0v) is 17.9. The van der Waals surface area contributed by atoms with Gasteiger partial charge in [0.15, 0.2) is 0 Å². The fourth-order valence-electron chi connectivity index (χ4n) is 4.36. The van der Waals surface area contributed by atoms with E-state index in [4.69, 9.17) is 17.3 Å². The molecule has 1 aliphatic heterocycles. The van der Waals surface area contributed by atoms with Gasteiger partial charge in [-0.05, 0) is 49.4 Å². The van der Waals surface area contributed by atoms with Crippen molar-refractivity contribution >= 4 is 35.8 Å². The van der Waals surface area contributed by atoms with Crippen molar-refractivity contribution in [3.63, 3.8) is 0 Å². The van der Waals surface area contributed by atoms with Gasteiger partial charge in [0, 0.05) is 43.2 Å². The molecule has 1 saturated heterocycles. The van der Waals surface area contributed by atoms with Gasteiger partial charge in [-0.1, -0.05) is 36.9 Å². The molecule has 28 heavy (non-hydrogen) atoms. The van der Waals surface area contributed by atoms with Crippen LogP contribution in [0.25, 0.3) is 0 Å². The Bertz CT molecular complexity index is 677. The lowest BCUT2D eigenvalue weighted by atomic mass is 9.71. The smallest absolute Gasteiger partial charge is 0.253 e. The number of nitrogens with zero attached hydrogens (tertiary/aromatic N) is 2. The van der Waals surface area contributed by atoms with E-state index in [1.807, 2.05) is 9.80 Å². The van der Waals surface area contributed by atoms with Crippen LogP contribution in [0.3, 0.4) is 0 Å². The number of carbonyl (C=O) groups is 2. The van der Waals surface area contributed by atoms with Crippen molar-refractivity contribution in [2.45, 2.75) is 44.9 Å². The fraction of sp³-hybridized carbons (Fsp3) is 0.619. The largest absolute Gasteiger partial charge is 0.341 e. The SMILES string of the molecule is Cl.NCC1(CC(=O)N2CCCN(C(=O)c3cccc(Cl)c3)CC2)CCCCC1. The first kappa shape index (κ1) is 23.0. The van der Waals surface area contributed by atoms with Crippen LogP contribution < -0.4 is 5.73 Å². The highest BCUT2D eigenvalue weighted by Crippen LogP contribution is 2.38. The lowest BCUT2D eigenvalue weighted by Crippen LogP contribution is -2.42. The molecule has 1 aromatic rings. The Balaban J connectivity index is 0.00000280. The molecule has 7 heteroatoms. The molecule has 1 saturated carbocycles. The van der Waals surface area contributed by atoms with Crippen LogP contribution in [-0.2, 0) is 4.79 Å². The molecule has 5 nitrogen and oxygen atoms in total. The predicted molar refractivity (Wildman–Crippen MR) is 115 cm³/mol. The van der Waals surface area contributed by atoms with Crippen LogP contribution in [0.2, 0.25) is 5.02 Å². The van der Waals surface area contributed by atoms with Gasteiger partial charge in [0.1, 0.15) is 0 Å². The Morgan fingerprint density at radius 3 is 2.36 bits per heavy atom. The summed E-state index contributed by atoms with van der Waals surface area (Å²) in [5.41, 5.74) is 6.64. The average Bonchev–Trinajstić information content (AvgIpc) is 2.94. The monoisotopic (exact) mass is 427 g/mol. The summed E-state index contributed by atoms with van der Waals surface area (Å²) < 4.78 is 0. The van der Waals surface area contributed by atoms with Gasteiger partial charge < -0.3 is 15.5 Å². The molecule has 0 unspecified atom stereocenters. The van der Waals surface area contributed by atoms with Crippen LogP contribution in [0.4, 0.5) is 0 Å². The van der Waals surface area contributed by atoms with Crippen LogP contribution in [0.15, 0.2) is 24.3 Å². The van der Waals surface area contributed by atoms with E-state index < -0.39 is 0 Å². The summed E-state index contributed by atoms with van der Waals surface area (Å²) >= 11 is 6.01. The van der Waals surface area contributed by atoms with Crippen molar-refractivity contribution in [2.24, 2.45) is 11.1 Å². The van der Waals surface area contributed by atoms with E-state index >= 15 is 0 Å². The molecular formula is C21H31Cl2N3O2. The first-order valence-corrected chi connectivity index (χ1v) is 10.4. The minimum Gasteiger partial charge on any atom is -0.341 e. The Morgan fingerprint density at radius 1 is 1.00 bits per heavy atom. The standard InChI is InChI=1S/C21H30ClN3O2.ClH/c22-18-7-4-6-17(14-18)20(27)25-11-5-10-24(12-13-25)19(26)15-21(16-23)8-2-1-3-9-21;/h4,6-7,14H,1-3,5,8-13,15-16,23H2;1H. The van der Waals surface area contributed by atoms with Gasteiger partial charge in [0.2, 0.25) is 5.91 Å². The van der Waals surface area contributed by atoms with Gasteiger partial charge in [-0.2, -0.15) is 0 Å². The summed E-state index contributed by atoms with van der Waals surface area (Å²) in [6.07, 6.45) is 7.06. The number of benzene rings is 1. The van der Waals surface area contributed by atoms with Gasteiger partial charge in [-0.3, -0.25) is 9.59 Å². The Kier molecular flexibility index (Phi) is 8.59. The van der Waals surface area contributed by atoms with E-state index in [1.165, 1.54) is 19.3 Å². The number of carbonyl (C=O) groups excluding carboxylic acids is 2. The Morgan fingerprint density at radius 2 is 1.68 bits per heavy atom. The third kappa shape index (κ3) is 5.62. The second-order valence-corrected chi connectivity index (χ2v) is 8.41. The predicted octanol–water partition coefficient (Wildman–Crippen LogP) is 3.74. The van der Waals surface area contributed by atoms with Crippen LogP contribution in [0, 0.1) is 5.41 Å². The van der Waals surface area contributed by atoms with E-state index in [2.05, 4.69) is 0 Å². The number of amides is 2. The summed E-state index contributed by atoms with van der Waals surface area (Å²) in [6, 6.07) is 7.04. The minimum absolute atomic E-state index is 0. The lowest BCUT2D eigenvalue weighted by molar-refractivity contribution is -0.134. The summed E-state index contributed by atoms with van der Waals surface area (Å²) in [4.78, 5) is 29.4. The maximum atomic E-state index is 12.9. The summed E-state index contributed by atoms with van der Waals surface area (Å²) in [7, 11) is 0. The zero-order chi connectivity index (χ0) is 19.3. The maximum absolute atomic E-state index is 12.9. The van der Waals surface area contributed by atoms with E-state index in [0.717, 1.165) is 19.3 Å². The fourth-order valence-corrected chi connectivity index (χ4v) is 4.55. The first-order valence-electron chi connectivity index (χ1n) is 10.1. The van der Waals surface area contributed by atoms with E-state index in [1.54, 1.807) is 24.3 Å². The second kappa shape index (κ2) is 10.5. The van der Waals surface area contributed by atoms with Crippen molar-refractivity contribution in [1.82, 2.24) is 9.80 Å². The zero-order valence-electron chi connectivity index (χ0n) is 16.4. The molecule has 0 spiro atoms. The van der Waals surface area contributed by atoms with Crippen LogP contribution >= 0.6 is 24.0 Å². The highest BCUT2D eigenvalue weighted by atomic mass is 35.5. The van der Waals surface area contributed by atoms with Gasteiger partial charge in [-0.25, -0.2) is 0 Å². The second-order valence-electron chi connectivity index (χ2n) is 7.98. The molecule has 0 atom stereocenters. The molecule has 2 amide bonds. The molecule has 3 rings (SSSR count). The summed E-state index contributed by atoms with van der Waals surface area (Å²) in [5, 5.41) is 0.562. The lowest BCUT2D eigenvalue weighted by Gasteiger charge is -2.37. The third-order valence-electron chi connectivity index (χ3n) is 6.08. The Hall–Kier alpha value is -1.30. The number of halogens is 2. The van der Waals surface area contributed by atoms with Crippen molar-refractivity contribution in [2.75, 3.05) is 32.7 Å². The molecule has 156 valence electrons. The Labute approximate surface area is 179 Å². The number of nitrogens with two attached hydrogens (primary N) is 1. The molecule has 0 bridgehead atoms. The average molecular weight is 428 g/mol. The molecule has 2 N–H and O–H groups in total. The number of rotatable bonds is 4. The van der Waals surface area contributed by atoms with Gasteiger partial charge in [-0.15, -0.1) is 12.4 Å². The third-order valence-corrected chi connectivity index (χ3v) is 6.32. The minimum atomic E-state index is -0.0162. The molecule has 1 aromatic carbocycles. The van der Waals surface area contributed by atoms with Crippen LogP contribution in [0.5, 0.6) is 0 Å². The number of hydrogen-bond acceptors (Lipinski definition) is 3. The molecule has 0 aromatic heterocycles. The molecule has 2 fully saturated rings. The quantitative estimate of drug-likeness (QED) is 0.795. The van der Waals surface area contributed by atoms with E-state index in [0.29, 0.717) is 49.7 Å². The van der Waals surface area contributed by atoms with Crippen molar-refractivity contribution in [1.29, 1.82) is 0 Å². The normalized spacial score (nSPS) is 19.5. The van der Waals surface area contributed by atoms with Crippen LogP contribution in [-0.4, -0.2) is 54.3 Å². The maximum Gasteiger partial charge on any atom is 0.253 e. The molecular weight excluding hydrogens is 397 g/mol. The highest BCUT2D eigenvalue weighted by Gasteiger charge is 2.35. The molecule has 1 aliphatic carbocycles. The summed E-state index contributed by atoms with van der Waals surface area (Å²) in [6.45, 7) is 3.11. The molecule has 0 radical (unpaired) electrons. The van der Waals surface area contributed by atoms with E-state index in [9.17, 15) is 9.59 Å². The van der Waals surface area contributed by atoms with Crippen molar-refractivity contribution < 1.29 is 9.59 Å². The topological polar surface area (TPSA) is 66.6 Å².